The molecule has 2 aliphatic heterocycles. The molecule has 0 aliphatic carbocycles. The van der Waals surface area contributed by atoms with Crippen LogP contribution in [0.2, 0.25) is 0 Å². The van der Waals surface area contributed by atoms with Crippen LogP contribution in [-0.4, -0.2) is 94.3 Å². The molecule has 1 unspecified atom stereocenters. The molecule has 0 radical (unpaired) electrons. The van der Waals surface area contributed by atoms with E-state index in [2.05, 4.69) is 52.7 Å². The molecule has 35 heavy (non-hydrogen) atoms. The first kappa shape index (κ1) is 29.7. The molecule has 3 atom stereocenters. The molecule has 2 aliphatic rings. The molecule has 2 rings (SSSR count). The molecular weight excluding hydrogens is 452 g/mol. The minimum absolute atomic E-state index is 0.0556. The van der Waals surface area contributed by atoms with Gasteiger partial charge in [0.2, 0.25) is 5.91 Å². The number of carbonyl (C=O) groups excluding carboxylic acids is 2. The van der Waals surface area contributed by atoms with Gasteiger partial charge in [-0.3, -0.25) is 4.79 Å². The second kappa shape index (κ2) is 16.3. The van der Waals surface area contributed by atoms with E-state index in [-0.39, 0.29) is 29.4 Å². The van der Waals surface area contributed by atoms with Crippen molar-refractivity contribution in [1.82, 2.24) is 31.9 Å². The van der Waals surface area contributed by atoms with Crippen LogP contribution < -0.4 is 26.9 Å². The predicted molar refractivity (Wildman–Crippen MR) is 135 cm³/mol. The van der Waals surface area contributed by atoms with Gasteiger partial charge in [0, 0.05) is 38.1 Å². The standard InChI is InChI=1S/C24H48N6O5/c1-19-20(27-23(32)26-19)8-6-5-7-9-22(31)25-10-12-33-14-16-35-17-15-34-13-11-30-18-21(28-29-30)24(2,3)4/h19-21,28-29H,5-18H2,1-4H3,(H,25,31)(H2,26,27,32)/t19-,20+,21?/m0/s1. The predicted octanol–water partition coefficient (Wildman–Crippen LogP) is 0.912. The Hall–Kier alpha value is -1.50. The molecule has 204 valence electrons. The molecule has 0 aromatic rings. The number of nitrogens with one attached hydrogen (secondary N) is 5. The van der Waals surface area contributed by atoms with Crippen LogP contribution in [0, 0.1) is 5.41 Å². The summed E-state index contributed by atoms with van der Waals surface area (Å²) in [7, 11) is 0. The van der Waals surface area contributed by atoms with Crippen molar-refractivity contribution >= 4 is 11.9 Å². The van der Waals surface area contributed by atoms with Crippen molar-refractivity contribution in [2.75, 3.05) is 59.3 Å². The van der Waals surface area contributed by atoms with Crippen molar-refractivity contribution in [3.05, 3.63) is 0 Å². The lowest BCUT2D eigenvalue weighted by atomic mass is 9.87. The fourth-order valence-corrected chi connectivity index (χ4v) is 3.98. The lowest BCUT2D eigenvalue weighted by Crippen LogP contribution is -2.41. The minimum atomic E-state index is -0.0847. The maximum atomic E-state index is 11.9. The van der Waals surface area contributed by atoms with Crippen LogP contribution in [0.25, 0.3) is 0 Å². The van der Waals surface area contributed by atoms with E-state index in [1.807, 2.05) is 6.92 Å². The summed E-state index contributed by atoms with van der Waals surface area (Å²) in [6.45, 7) is 14.2. The largest absolute Gasteiger partial charge is 0.378 e. The van der Waals surface area contributed by atoms with Gasteiger partial charge >= 0.3 is 6.03 Å². The summed E-state index contributed by atoms with van der Waals surface area (Å²) < 4.78 is 16.6. The van der Waals surface area contributed by atoms with Crippen LogP contribution in [0.4, 0.5) is 4.79 Å². The third-order valence-corrected chi connectivity index (χ3v) is 6.36. The average molecular weight is 501 g/mol. The van der Waals surface area contributed by atoms with Gasteiger partial charge in [-0.15, -0.1) is 0 Å². The fourth-order valence-electron chi connectivity index (χ4n) is 3.98. The Labute approximate surface area is 210 Å². The van der Waals surface area contributed by atoms with Gasteiger partial charge in [-0.1, -0.05) is 33.6 Å². The molecule has 2 fully saturated rings. The van der Waals surface area contributed by atoms with Gasteiger partial charge in [-0.05, 0) is 25.2 Å². The van der Waals surface area contributed by atoms with Crippen LogP contribution in [0.1, 0.15) is 59.8 Å². The molecule has 0 aromatic carbocycles. The lowest BCUT2D eigenvalue weighted by molar-refractivity contribution is -0.121. The van der Waals surface area contributed by atoms with E-state index >= 15 is 0 Å². The van der Waals surface area contributed by atoms with Crippen molar-refractivity contribution in [3.8, 4) is 0 Å². The summed E-state index contributed by atoms with van der Waals surface area (Å²) in [6, 6.07) is 0.706. The second-order valence-corrected chi connectivity index (χ2v) is 10.4. The number of carbonyl (C=O) groups is 2. The molecule has 0 bridgehead atoms. The van der Waals surface area contributed by atoms with Gasteiger partial charge < -0.3 is 30.2 Å². The van der Waals surface area contributed by atoms with Crippen LogP contribution in [-0.2, 0) is 19.0 Å². The molecule has 0 aromatic heterocycles. The summed E-state index contributed by atoms with van der Waals surface area (Å²) in [5.41, 5.74) is 6.73. The number of rotatable bonds is 18. The normalized spacial score (nSPS) is 22.9. The summed E-state index contributed by atoms with van der Waals surface area (Å²) in [5.74, 6) is 0.0556. The Kier molecular flexibility index (Phi) is 13.8. The number of hydrogen-bond donors (Lipinski definition) is 5. The zero-order valence-corrected chi connectivity index (χ0v) is 22.1. The summed E-state index contributed by atoms with van der Waals surface area (Å²) in [6.07, 6.45) is 4.30. The molecular formula is C24H48N6O5. The SMILES string of the molecule is C[C@@H]1NC(=O)N[C@@H]1CCCCCC(=O)NCCOCCOCCOCCN1CC(C(C)(C)C)NN1. The quantitative estimate of drug-likeness (QED) is 0.176. The van der Waals surface area contributed by atoms with Crippen molar-refractivity contribution in [1.29, 1.82) is 0 Å². The van der Waals surface area contributed by atoms with Gasteiger partial charge in [0.15, 0.2) is 0 Å². The van der Waals surface area contributed by atoms with E-state index in [1.54, 1.807) is 0 Å². The smallest absolute Gasteiger partial charge is 0.315 e. The molecule has 0 spiro atoms. The highest BCUT2D eigenvalue weighted by Crippen LogP contribution is 2.21. The van der Waals surface area contributed by atoms with Crippen LogP contribution in [0.15, 0.2) is 0 Å². The topological polar surface area (TPSA) is 125 Å². The van der Waals surface area contributed by atoms with Gasteiger partial charge in [0.1, 0.15) is 0 Å². The maximum Gasteiger partial charge on any atom is 0.315 e. The van der Waals surface area contributed by atoms with E-state index in [0.717, 1.165) is 38.8 Å². The zero-order chi connectivity index (χ0) is 25.5. The highest BCUT2D eigenvalue weighted by Gasteiger charge is 2.31. The molecule has 11 heteroatoms. The Morgan fingerprint density at radius 1 is 1.00 bits per heavy atom. The molecule has 11 nitrogen and oxygen atoms in total. The van der Waals surface area contributed by atoms with Crippen LogP contribution in [0.5, 0.6) is 0 Å². The van der Waals surface area contributed by atoms with Gasteiger partial charge in [0.25, 0.3) is 0 Å². The number of hydrazine groups is 2. The molecule has 0 saturated carbocycles. The maximum absolute atomic E-state index is 11.9. The number of urea groups is 1. The van der Waals surface area contributed by atoms with Crippen LogP contribution >= 0.6 is 0 Å². The summed E-state index contributed by atoms with van der Waals surface area (Å²) >= 11 is 0. The average Bonchev–Trinajstić information content (AvgIpc) is 3.40. The molecule has 5 N–H and O–H groups in total. The highest BCUT2D eigenvalue weighted by atomic mass is 16.5. The van der Waals surface area contributed by atoms with E-state index in [0.29, 0.717) is 58.6 Å². The number of amides is 3. The van der Waals surface area contributed by atoms with Crippen molar-refractivity contribution < 1.29 is 23.8 Å². The Morgan fingerprint density at radius 2 is 1.69 bits per heavy atom. The number of ether oxygens (including phenoxy) is 3. The first-order valence-corrected chi connectivity index (χ1v) is 13.1. The lowest BCUT2D eigenvalue weighted by Gasteiger charge is -2.25. The second-order valence-electron chi connectivity index (χ2n) is 10.4. The zero-order valence-electron chi connectivity index (χ0n) is 22.1. The Balaban J connectivity index is 1.28. The van der Waals surface area contributed by atoms with E-state index < -0.39 is 0 Å². The number of hydrogen-bond acceptors (Lipinski definition) is 8. The van der Waals surface area contributed by atoms with Crippen molar-refractivity contribution in [2.45, 2.75) is 77.9 Å². The first-order valence-electron chi connectivity index (χ1n) is 13.1. The fraction of sp³-hybridized carbons (Fsp3) is 0.917. The van der Waals surface area contributed by atoms with Crippen LogP contribution in [0.3, 0.4) is 0 Å². The van der Waals surface area contributed by atoms with E-state index in [4.69, 9.17) is 14.2 Å². The molecule has 3 amide bonds. The van der Waals surface area contributed by atoms with Crippen molar-refractivity contribution in [3.63, 3.8) is 0 Å². The third-order valence-electron chi connectivity index (χ3n) is 6.36. The first-order chi connectivity index (χ1) is 16.8. The molecule has 2 saturated heterocycles. The van der Waals surface area contributed by atoms with Gasteiger partial charge in [0.05, 0.1) is 45.7 Å². The number of nitrogens with zero attached hydrogens (tertiary/aromatic N) is 1. The van der Waals surface area contributed by atoms with E-state index in [1.165, 1.54) is 0 Å². The summed E-state index contributed by atoms with van der Waals surface area (Å²) in [4.78, 5) is 23.1. The van der Waals surface area contributed by atoms with Gasteiger partial charge in [-0.2, -0.15) is 5.53 Å². The van der Waals surface area contributed by atoms with Crippen molar-refractivity contribution in [2.24, 2.45) is 5.41 Å². The minimum Gasteiger partial charge on any atom is -0.378 e. The summed E-state index contributed by atoms with van der Waals surface area (Å²) in [5, 5.41) is 10.8. The monoisotopic (exact) mass is 500 g/mol. The van der Waals surface area contributed by atoms with Gasteiger partial charge in [-0.25, -0.2) is 15.2 Å². The Bertz CT molecular complexity index is 618. The third kappa shape index (κ3) is 12.9. The molecule has 2 heterocycles. The highest BCUT2D eigenvalue weighted by molar-refractivity contribution is 5.77. The Morgan fingerprint density at radius 3 is 2.31 bits per heavy atom. The number of unbranched alkanes of at least 4 members (excludes halogenated alkanes) is 2. The van der Waals surface area contributed by atoms with E-state index in [9.17, 15) is 9.59 Å².